The van der Waals surface area contributed by atoms with Crippen LogP contribution >= 0.6 is 11.6 Å². The Morgan fingerprint density at radius 2 is 1.78 bits per heavy atom. The molecule has 0 spiro atoms. The van der Waals surface area contributed by atoms with Gasteiger partial charge in [-0.25, -0.2) is 8.42 Å². The molecule has 0 bridgehead atoms. The van der Waals surface area contributed by atoms with E-state index in [9.17, 15) is 13.2 Å². The monoisotopic (exact) mass is 409 g/mol. The number of piperazine rings is 1. The Kier molecular flexibility index (Phi) is 4.52. The first-order valence-corrected chi connectivity index (χ1v) is 11.0. The SMILES string of the molecule is CS(=O)(=O)N1CCN(C(=O)C2(c3cc(-c4ccc(Cl)cc4)on3)CC2)CC1. The van der Waals surface area contributed by atoms with E-state index < -0.39 is 15.4 Å². The molecule has 2 aliphatic rings. The summed E-state index contributed by atoms with van der Waals surface area (Å²) in [6, 6.07) is 9.06. The fourth-order valence-electron chi connectivity index (χ4n) is 3.48. The third-order valence-electron chi connectivity index (χ3n) is 5.28. The van der Waals surface area contributed by atoms with E-state index in [1.165, 1.54) is 10.6 Å². The molecule has 7 nitrogen and oxygen atoms in total. The van der Waals surface area contributed by atoms with Gasteiger partial charge in [-0.05, 0) is 37.1 Å². The van der Waals surface area contributed by atoms with Crippen LogP contribution in [0.2, 0.25) is 5.02 Å². The van der Waals surface area contributed by atoms with Gasteiger partial charge < -0.3 is 9.42 Å². The van der Waals surface area contributed by atoms with Crippen LogP contribution in [0.5, 0.6) is 0 Å². The van der Waals surface area contributed by atoms with Crippen molar-refractivity contribution in [3.05, 3.63) is 41.0 Å². The highest BCUT2D eigenvalue weighted by Crippen LogP contribution is 2.50. The number of rotatable bonds is 4. The number of halogens is 1. The minimum atomic E-state index is -3.22. The molecule has 1 saturated carbocycles. The van der Waals surface area contributed by atoms with Crippen LogP contribution in [0.4, 0.5) is 0 Å². The highest BCUT2D eigenvalue weighted by atomic mass is 35.5. The number of benzene rings is 1. The summed E-state index contributed by atoms with van der Waals surface area (Å²) in [4.78, 5) is 14.8. The minimum Gasteiger partial charge on any atom is -0.356 e. The zero-order valence-corrected chi connectivity index (χ0v) is 16.5. The molecule has 0 atom stereocenters. The van der Waals surface area contributed by atoms with Crippen LogP contribution in [-0.4, -0.2) is 61.1 Å². The lowest BCUT2D eigenvalue weighted by molar-refractivity contribution is -0.135. The summed E-state index contributed by atoms with van der Waals surface area (Å²) in [6.45, 7) is 1.45. The summed E-state index contributed by atoms with van der Waals surface area (Å²) >= 11 is 5.92. The molecule has 4 rings (SSSR count). The van der Waals surface area contributed by atoms with E-state index in [1.807, 2.05) is 18.2 Å². The molecule has 0 radical (unpaired) electrons. The van der Waals surface area contributed by atoms with Gasteiger partial charge in [0.25, 0.3) is 0 Å². The zero-order valence-electron chi connectivity index (χ0n) is 14.9. The fourth-order valence-corrected chi connectivity index (χ4v) is 4.43. The van der Waals surface area contributed by atoms with Crippen LogP contribution in [0.1, 0.15) is 18.5 Å². The molecule has 1 saturated heterocycles. The Bertz CT molecular complexity index is 959. The number of hydrogen-bond donors (Lipinski definition) is 0. The summed E-state index contributed by atoms with van der Waals surface area (Å²) in [5, 5.41) is 4.80. The van der Waals surface area contributed by atoms with Crippen molar-refractivity contribution in [2.45, 2.75) is 18.3 Å². The first-order chi connectivity index (χ1) is 12.8. The summed E-state index contributed by atoms with van der Waals surface area (Å²) in [5.74, 6) is 0.606. The maximum atomic E-state index is 13.1. The molecule has 1 aliphatic heterocycles. The second-order valence-electron chi connectivity index (χ2n) is 7.12. The number of carbonyl (C=O) groups is 1. The molecule has 144 valence electrons. The van der Waals surface area contributed by atoms with Crippen LogP contribution in [0.15, 0.2) is 34.9 Å². The quantitative estimate of drug-likeness (QED) is 0.772. The maximum Gasteiger partial charge on any atom is 0.235 e. The van der Waals surface area contributed by atoms with Gasteiger partial charge in [0, 0.05) is 42.8 Å². The zero-order chi connectivity index (χ0) is 19.2. The van der Waals surface area contributed by atoms with Gasteiger partial charge in [-0.1, -0.05) is 16.8 Å². The van der Waals surface area contributed by atoms with Crippen LogP contribution < -0.4 is 0 Å². The van der Waals surface area contributed by atoms with Crippen molar-refractivity contribution in [2.24, 2.45) is 0 Å². The average Bonchev–Trinajstić information content (AvgIpc) is 3.31. The van der Waals surface area contributed by atoms with Gasteiger partial charge in [0.2, 0.25) is 15.9 Å². The standard InChI is InChI=1S/C18H20ClN3O4S/c1-27(24,25)22-10-8-21(9-11-22)17(23)18(6-7-18)16-12-15(26-20-16)13-2-4-14(19)5-3-13/h2-5,12H,6-11H2,1H3. The van der Waals surface area contributed by atoms with Crippen molar-refractivity contribution in [3.63, 3.8) is 0 Å². The predicted octanol–water partition coefficient (Wildman–Crippen LogP) is 2.13. The summed E-state index contributed by atoms with van der Waals surface area (Å²) in [6.07, 6.45) is 2.65. The number of hydrogen-bond acceptors (Lipinski definition) is 5. The number of carbonyl (C=O) groups excluding carboxylic acids is 1. The van der Waals surface area contributed by atoms with Crippen molar-refractivity contribution in [1.82, 2.24) is 14.4 Å². The Balaban J connectivity index is 1.50. The van der Waals surface area contributed by atoms with E-state index in [0.717, 1.165) is 18.4 Å². The highest BCUT2D eigenvalue weighted by Gasteiger charge is 2.55. The van der Waals surface area contributed by atoms with Gasteiger partial charge in [0.05, 0.1) is 17.4 Å². The Labute approximate surface area is 162 Å². The van der Waals surface area contributed by atoms with Crippen LogP contribution in [0.3, 0.4) is 0 Å². The van der Waals surface area contributed by atoms with Crippen molar-refractivity contribution in [2.75, 3.05) is 32.4 Å². The topological polar surface area (TPSA) is 83.7 Å². The molecule has 1 aliphatic carbocycles. The molecule has 1 amide bonds. The summed E-state index contributed by atoms with van der Waals surface area (Å²) in [7, 11) is -3.22. The van der Waals surface area contributed by atoms with Gasteiger partial charge in [-0.15, -0.1) is 0 Å². The van der Waals surface area contributed by atoms with Gasteiger partial charge in [0.1, 0.15) is 0 Å². The maximum absolute atomic E-state index is 13.1. The van der Waals surface area contributed by atoms with E-state index in [4.69, 9.17) is 16.1 Å². The lowest BCUT2D eigenvalue weighted by Crippen LogP contribution is -2.52. The average molecular weight is 410 g/mol. The molecule has 2 heterocycles. The fraction of sp³-hybridized carbons (Fsp3) is 0.444. The molecule has 0 N–H and O–H groups in total. The number of sulfonamides is 1. The van der Waals surface area contributed by atoms with Crippen molar-refractivity contribution in [3.8, 4) is 11.3 Å². The molecule has 1 aromatic carbocycles. The molecule has 27 heavy (non-hydrogen) atoms. The number of amides is 1. The highest BCUT2D eigenvalue weighted by molar-refractivity contribution is 7.88. The van der Waals surface area contributed by atoms with Gasteiger partial charge in [-0.2, -0.15) is 4.31 Å². The molecule has 2 aromatic rings. The minimum absolute atomic E-state index is 0.00612. The second-order valence-corrected chi connectivity index (χ2v) is 9.54. The van der Waals surface area contributed by atoms with Gasteiger partial charge >= 0.3 is 0 Å². The smallest absolute Gasteiger partial charge is 0.235 e. The molecule has 1 aromatic heterocycles. The Morgan fingerprint density at radius 3 is 2.33 bits per heavy atom. The molecule has 9 heteroatoms. The van der Waals surface area contributed by atoms with Crippen molar-refractivity contribution < 1.29 is 17.7 Å². The Morgan fingerprint density at radius 1 is 1.15 bits per heavy atom. The van der Waals surface area contributed by atoms with Crippen LogP contribution in [0.25, 0.3) is 11.3 Å². The van der Waals surface area contributed by atoms with E-state index in [1.54, 1.807) is 17.0 Å². The summed E-state index contributed by atoms with van der Waals surface area (Å²) in [5.41, 5.74) is 0.854. The third kappa shape index (κ3) is 3.49. The molecule has 2 fully saturated rings. The Hall–Kier alpha value is -1.90. The largest absolute Gasteiger partial charge is 0.356 e. The molecule has 0 unspecified atom stereocenters. The van der Waals surface area contributed by atoms with Crippen molar-refractivity contribution in [1.29, 1.82) is 0 Å². The first-order valence-electron chi connectivity index (χ1n) is 8.77. The third-order valence-corrected chi connectivity index (χ3v) is 6.84. The molecular weight excluding hydrogens is 390 g/mol. The van der Waals surface area contributed by atoms with Gasteiger partial charge in [0.15, 0.2) is 5.76 Å². The lowest BCUT2D eigenvalue weighted by atomic mass is 9.99. The predicted molar refractivity (Wildman–Crippen MR) is 101 cm³/mol. The van der Waals surface area contributed by atoms with Gasteiger partial charge in [-0.3, -0.25) is 4.79 Å². The number of aromatic nitrogens is 1. The normalized spacial score (nSPS) is 19.9. The van der Waals surface area contributed by atoms with E-state index in [2.05, 4.69) is 5.16 Å². The van der Waals surface area contributed by atoms with E-state index >= 15 is 0 Å². The number of nitrogens with zero attached hydrogens (tertiary/aromatic N) is 3. The van der Waals surface area contributed by atoms with E-state index in [0.29, 0.717) is 42.7 Å². The van der Waals surface area contributed by atoms with Crippen LogP contribution in [0, 0.1) is 0 Å². The first kappa shape index (κ1) is 18.5. The van der Waals surface area contributed by atoms with Crippen LogP contribution in [-0.2, 0) is 20.2 Å². The van der Waals surface area contributed by atoms with Crippen molar-refractivity contribution >= 4 is 27.5 Å². The lowest BCUT2D eigenvalue weighted by Gasteiger charge is -2.35. The van der Waals surface area contributed by atoms with E-state index in [-0.39, 0.29) is 5.91 Å². The second kappa shape index (κ2) is 6.61. The summed E-state index contributed by atoms with van der Waals surface area (Å²) < 4.78 is 30.2. The molecular formula is C18H20ClN3O4S.